The van der Waals surface area contributed by atoms with Gasteiger partial charge in [-0.1, -0.05) is 53.5 Å². The van der Waals surface area contributed by atoms with Crippen LogP contribution in [0, 0.1) is 0 Å². The quantitative estimate of drug-likeness (QED) is 0.589. The summed E-state index contributed by atoms with van der Waals surface area (Å²) in [6.07, 6.45) is 3.11. The van der Waals surface area contributed by atoms with E-state index in [-0.39, 0.29) is 5.91 Å². The molecule has 3 rings (SSSR count). The summed E-state index contributed by atoms with van der Waals surface area (Å²) in [5, 5.41) is 6.44. The van der Waals surface area contributed by atoms with E-state index in [1.165, 1.54) is 17.4 Å². The van der Waals surface area contributed by atoms with Crippen molar-refractivity contribution in [1.29, 1.82) is 0 Å². The minimum Gasteiger partial charge on any atom is -0.298 e. The van der Waals surface area contributed by atoms with Gasteiger partial charge in [0.1, 0.15) is 0 Å². The van der Waals surface area contributed by atoms with Crippen molar-refractivity contribution >= 4 is 51.7 Å². The maximum atomic E-state index is 12.0. The molecule has 1 amide bonds. The normalized spacial score (nSPS) is 10.9. The highest BCUT2D eigenvalue weighted by Crippen LogP contribution is 2.26. The molecular weight excluding hydrogens is 363 g/mol. The van der Waals surface area contributed by atoms with Crippen molar-refractivity contribution in [3.63, 3.8) is 0 Å². The van der Waals surface area contributed by atoms with Gasteiger partial charge in [-0.3, -0.25) is 10.1 Å². The molecule has 0 aliphatic rings. The molecule has 0 bridgehead atoms. The Labute approximate surface area is 153 Å². The Bertz CT molecular complexity index is 888. The molecule has 3 nitrogen and oxygen atoms in total. The maximum Gasteiger partial charge on any atom is 0.250 e. The summed E-state index contributed by atoms with van der Waals surface area (Å²) in [6, 6.07) is 14.7. The van der Waals surface area contributed by atoms with Crippen molar-refractivity contribution in [1.82, 2.24) is 4.98 Å². The Morgan fingerprint density at radius 1 is 1.08 bits per heavy atom. The SMILES string of the molecule is O=C(/C=C\c1ccccc1Cl)Nc1nc(-c2ccc(Cl)cc2)cs1. The first-order valence-electron chi connectivity index (χ1n) is 7.07. The number of nitrogens with zero attached hydrogens (tertiary/aromatic N) is 1. The van der Waals surface area contributed by atoms with Crippen LogP contribution in [0.3, 0.4) is 0 Å². The third kappa shape index (κ3) is 4.23. The molecule has 1 aromatic heterocycles. The highest BCUT2D eigenvalue weighted by Gasteiger charge is 2.06. The lowest BCUT2D eigenvalue weighted by molar-refractivity contribution is -0.111. The van der Waals surface area contributed by atoms with Crippen molar-refractivity contribution in [3.8, 4) is 11.3 Å². The van der Waals surface area contributed by atoms with Crippen LogP contribution < -0.4 is 5.32 Å². The van der Waals surface area contributed by atoms with E-state index in [4.69, 9.17) is 23.2 Å². The van der Waals surface area contributed by atoms with Gasteiger partial charge in [-0.15, -0.1) is 11.3 Å². The molecule has 3 aromatic rings. The molecule has 0 aliphatic carbocycles. The van der Waals surface area contributed by atoms with Gasteiger partial charge in [0.25, 0.3) is 0 Å². The summed E-state index contributed by atoms with van der Waals surface area (Å²) in [7, 11) is 0. The van der Waals surface area contributed by atoms with E-state index in [9.17, 15) is 4.79 Å². The Morgan fingerprint density at radius 2 is 1.83 bits per heavy atom. The minimum atomic E-state index is -0.257. The number of carbonyl (C=O) groups is 1. The first-order valence-corrected chi connectivity index (χ1v) is 8.70. The van der Waals surface area contributed by atoms with Crippen LogP contribution in [-0.2, 0) is 4.79 Å². The number of aromatic nitrogens is 1. The third-order valence-electron chi connectivity index (χ3n) is 3.19. The van der Waals surface area contributed by atoms with E-state index in [0.29, 0.717) is 15.2 Å². The van der Waals surface area contributed by atoms with Crippen molar-refractivity contribution in [2.45, 2.75) is 0 Å². The fourth-order valence-corrected chi connectivity index (χ4v) is 3.05. The van der Waals surface area contributed by atoms with E-state index >= 15 is 0 Å². The second-order valence-corrected chi connectivity index (χ2v) is 6.59. The van der Waals surface area contributed by atoms with Crippen LogP contribution in [0.4, 0.5) is 5.13 Å². The van der Waals surface area contributed by atoms with Crippen molar-refractivity contribution < 1.29 is 4.79 Å². The number of nitrogens with one attached hydrogen (secondary N) is 1. The summed E-state index contributed by atoms with van der Waals surface area (Å²) in [5.41, 5.74) is 2.53. The van der Waals surface area contributed by atoms with Gasteiger partial charge in [-0.05, 0) is 29.8 Å². The van der Waals surface area contributed by atoms with Crippen molar-refractivity contribution in [3.05, 3.63) is 75.6 Å². The van der Waals surface area contributed by atoms with Gasteiger partial charge in [0.2, 0.25) is 5.91 Å². The number of halogens is 2. The average Bonchev–Trinajstić information content (AvgIpc) is 3.03. The fraction of sp³-hybridized carbons (Fsp3) is 0. The zero-order valence-corrected chi connectivity index (χ0v) is 14.7. The number of rotatable bonds is 4. The van der Waals surface area contributed by atoms with Gasteiger partial charge in [0.15, 0.2) is 5.13 Å². The highest BCUT2D eigenvalue weighted by molar-refractivity contribution is 7.14. The zero-order chi connectivity index (χ0) is 16.9. The van der Waals surface area contributed by atoms with Crippen LogP contribution in [0.5, 0.6) is 0 Å². The summed E-state index contributed by atoms with van der Waals surface area (Å²) >= 11 is 13.3. The van der Waals surface area contributed by atoms with Crippen LogP contribution in [0.2, 0.25) is 10.0 Å². The monoisotopic (exact) mass is 374 g/mol. The zero-order valence-electron chi connectivity index (χ0n) is 12.4. The number of benzene rings is 2. The molecule has 6 heteroatoms. The molecule has 0 saturated carbocycles. The summed E-state index contributed by atoms with van der Waals surface area (Å²) in [5.74, 6) is -0.257. The Hall–Kier alpha value is -2.14. The lowest BCUT2D eigenvalue weighted by Gasteiger charge is -1.98. The molecule has 0 spiro atoms. The molecule has 0 fully saturated rings. The largest absolute Gasteiger partial charge is 0.298 e. The smallest absolute Gasteiger partial charge is 0.250 e. The third-order valence-corrected chi connectivity index (χ3v) is 4.55. The summed E-state index contributed by atoms with van der Waals surface area (Å²) < 4.78 is 0. The van der Waals surface area contributed by atoms with E-state index in [2.05, 4.69) is 10.3 Å². The van der Waals surface area contributed by atoms with Gasteiger partial charge >= 0.3 is 0 Å². The molecule has 120 valence electrons. The van der Waals surface area contributed by atoms with Crippen LogP contribution in [0.25, 0.3) is 17.3 Å². The topological polar surface area (TPSA) is 42.0 Å². The Balaban J connectivity index is 1.67. The second kappa shape index (κ2) is 7.62. The first kappa shape index (κ1) is 16.7. The number of hydrogen-bond donors (Lipinski definition) is 1. The molecule has 2 aromatic carbocycles. The van der Waals surface area contributed by atoms with Gasteiger partial charge in [0.05, 0.1) is 5.69 Å². The Morgan fingerprint density at radius 3 is 2.58 bits per heavy atom. The molecule has 0 unspecified atom stereocenters. The Kier molecular flexibility index (Phi) is 5.30. The van der Waals surface area contributed by atoms with Crippen molar-refractivity contribution in [2.24, 2.45) is 0 Å². The fourth-order valence-electron chi connectivity index (χ4n) is 2.01. The second-order valence-electron chi connectivity index (χ2n) is 4.89. The lowest BCUT2D eigenvalue weighted by Crippen LogP contribution is -2.07. The minimum absolute atomic E-state index is 0.257. The molecule has 0 radical (unpaired) electrons. The van der Waals surface area contributed by atoms with Gasteiger partial charge in [-0.25, -0.2) is 4.98 Å². The number of hydrogen-bond acceptors (Lipinski definition) is 3. The molecule has 24 heavy (non-hydrogen) atoms. The van der Waals surface area contributed by atoms with E-state index in [0.717, 1.165) is 16.8 Å². The van der Waals surface area contributed by atoms with Crippen molar-refractivity contribution in [2.75, 3.05) is 5.32 Å². The summed E-state index contributed by atoms with van der Waals surface area (Å²) in [4.78, 5) is 16.4. The summed E-state index contributed by atoms with van der Waals surface area (Å²) in [6.45, 7) is 0. The molecule has 1 N–H and O–H groups in total. The average molecular weight is 375 g/mol. The highest BCUT2D eigenvalue weighted by atomic mass is 35.5. The number of thiazole rings is 1. The van der Waals surface area contributed by atoms with Gasteiger partial charge in [-0.2, -0.15) is 0 Å². The standard InChI is InChI=1S/C18H12Cl2N2OS/c19-14-8-5-13(6-9-14)16-11-24-18(21-16)22-17(23)10-7-12-3-1-2-4-15(12)20/h1-11H,(H,21,22,23)/b10-7-. The molecule has 0 atom stereocenters. The van der Waals surface area contributed by atoms with Crippen LogP contribution in [0.1, 0.15) is 5.56 Å². The van der Waals surface area contributed by atoms with Gasteiger partial charge in [0, 0.05) is 27.1 Å². The van der Waals surface area contributed by atoms with Crippen LogP contribution in [-0.4, -0.2) is 10.9 Å². The molecule has 0 aliphatic heterocycles. The predicted molar refractivity (Wildman–Crippen MR) is 102 cm³/mol. The predicted octanol–water partition coefficient (Wildman–Crippen LogP) is 5.77. The van der Waals surface area contributed by atoms with Gasteiger partial charge < -0.3 is 0 Å². The first-order chi connectivity index (χ1) is 11.6. The molecule has 1 heterocycles. The maximum absolute atomic E-state index is 12.0. The van der Waals surface area contributed by atoms with E-state index in [1.807, 2.05) is 35.7 Å². The molecular formula is C18H12Cl2N2OS. The van der Waals surface area contributed by atoms with Crippen LogP contribution >= 0.6 is 34.5 Å². The molecule has 0 saturated heterocycles. The van der Waals surface area contributed by atoms with Crippen LogP contribution in [0.15, 0.2) is 60.0 Å². The number of anilines is 1. The lowest BCUT2D eigenvalue weighted by atomic mass is 10.2. The number of amides is 1. The number of carbonyl (C=O) groups excluding carboxylic acids is 1. The van der Waals surface area contributed by atoms with E-state index < -0.39 is 0 Å². The van der Waals surface area contributed by atoms with E-state index in [1.54, 1.807) is 24.3 Å².